The minimum Gasteiger partial charge on any atom is -0.303 e. The van der Waals surface area contributed by atoms with Crippen LogP contribution in [0.15, 0.2) is 0 Å². The molecule has 0 bridgehead atoms. The van der Waals surface area contributed by atoms with Crippen LogP contribution in [-0.4, -0.2) is 24.5 Å². The first kappa shape index (κ1) is 10.0. The number of likely N-dealkylation sites (tertiary alicyclic amines) is 1. The van der Waals surface area contributed by atoms with Gasteiger partial charge >= 0.3 is 0 Å². The number of unbranched alkanes of at least 4 members (excludes halogenated alkanes) is 2. The second-order valence-corrected chi connectivity index (χ2v) is 4.90. The maximum atomic E-state index is 2.62. The molecule has 1 aliphatic heterocycles. The third kappa shape index (κ3) is 3.14. The fourth-order valence-electron chi connectivity index (χ4n) is 2.00. The van der Waals surface area contributed by atoms with Crippen molar-refractivity contribution in [2.45, 2.75) is 46.5 Å². The highest BCUT2D eigenvalue weighted by molar-refractivity contribution is 4.82. The Morgan fingerprint density at radius 2 is 2.00 bits per heavy atom. The minimum absolute atomic E-state index is 0.589. The SMILES string of the molecule is CCCCCN1CCC(C)(C)C1. The molecule has 12 heavy (non-hydrogen) atoms. The third-order valence-electron chi connectivity index (χ3n) is 2.83. The number of hydrogen-bond donors (Lipinski definition) is 0. The predicted octanol–water partition coefficient (Wildman–Crippen LogP) is 2.91. The van der Waals surface area contributed by atoms with Crippen LogP contribution in [0.2, 0.25) is 0 Å². The van der Waals surface area contributed by atoms with Crippen molar-refractivity contribution in [1.82, 2.24) is 4.90 Å². The molecule has 1 aliphatic rings. The van der Waals surface area contributed by atoms with Gasteiger partial charge in [0.15, 0.2) is 0 Å². The van der Waals surface area contributed by atoms with Crippen LogP contribution in [-0.2, 0) is 0 Å². The summed E-state index contributed by atoms with van der Waals surface area (Å²) in [7, 11) is 0. The maximum absolute atomic E-state index is 2.62. The Labute approximate surface area is 77.1 Å². The summed E-state index contributed by atoms with van der Waals surface area (Å²) < 4.78 is 0. The molecule has 0 aromatic rings. The van der Waals surface area contributed by atoms with Crippen LogP contribution in [0.3, 0.4) is 0 Å². The Kier molecular flexibility index (Phi) is 3.57. The lowest BCUT2D eigenvalue weighted by Gasteiger charge is -2.19. The molecule has 72 valence electrons. The molecule has 1 nitrogen and oxygen atoms in total. The summed E-state index contributed by atoms with van der Waals surface area (Å²) in [6, 6.07) is 0. The van der Waals surface area contributed by atoms with E-state index in [1.165, 1.54) is 45.3 Å². The van der Waals surface area contributed by atoms with E-state index in [9.17, 15) is 0 Å². The van der Waals surface area contributed by atoms with Crippen molar-refractivity contribution in [1.29, 1.82) is 0 Å². The topological polar surface area (TPSA) is 3.24 Å². The standard InChI is InChI=1S/C11H23N/c1-4-5-6-8-12-9-7-11(2,3)10-12/h4-10H2,1-3H3. The molecule has 0 saturated carbocycles. The highest BCUT2D eigenvalue weighted by atomic mass is 15.1. The summed E-state index contributed by atoms with van der Waals surface area (Å²) in [6.07, 6.45) is 5.53. The van der Waals surface area contributed by atoms with Crippen LogP contribution in [0.25, 0.3) is 0 Å². The number of nitrogens with zero attached hydrogens (tertiary/aromatic N) is 1. The van der Waals surface area contributed by atoms with Crippen molar-refractivity contribution in [2.75, 3.05) is 19.6 Å². The number of hydrogen-bond acceptors (Lipinski definition) is 1. The van der Waals surface area contributed by atoms with Crippen molar-refractivity contribution >= 4 is 0 Å². The molecule has 0 spiro atoms. The fourth-order valence-corrected chi connectivity index (χ4v) is 2.00. The van der Waals surface area contributed by atoms with Crippen LogP contribution >= 0.6 is 0 Å². The average Bonchev–Trinajstić information content (AvgIpc) is 2.31. The van der Waals surface area contributed by atoms with Gasteiger partial charge in [0.25, 0.3) is 0 Å². The maximum Gasteiger partial charge on any atom is 0.00332 e. The van der Waals surface area contributed by atoms with E-state index in [0.717, 1.165) is 0 Å². The summed E-state index contributed by atoms with van der Waals surface area (Å²) in [6.45, 7) is 11.0. The van der Waals surface area contributed by atoms with Gasteiger partial charge in [0, 0.05) is 6.54 Å². The highest BCUT2D eigenvalue weighted by Crippen LogP contribution is 2.28. The van der Waals surface area contributed by atoms with Crippen LogP contribution in [0, 0.1) is 5.41 Å². The molecule has 0 N–H and O–H groups in total. The van der Waals surface area contributed by atoms with E-state index in [0.29, 0.717) is 5.41 Å². The first-order valence-electron chi connectivity index (χ1n) is 5.36. The molecule has 1 rings (SSSR count). The smallest absolute Gasteiger partial charge is 0.00332 e. The molecule has 0 aromatic carbocycles. The molecule has 0 amide bonds. The van der Waals surface area contributed by atoms with Gasteiger partial charge < -0.3 is 4.90 Å². The molecular formula is C11H23N. The van der Waals surface area contributed by atoms with Crippen molar-refractivity contribution < 1.29 is 0 Å². The van der Waals surface area contributed by atoms with Crippen molar-refractivity contribution in [3.63, 3.8) is 0 Å². The van der Waals surface area contributed by atoms with E-state index in [-0.39, 0.29) is 0 Å². The van der Waals surface area contributed by atoms with Gasteiger partial charge in [-0.2, -0.15) is 0 Å². The normalized spacial score (nSPS) is 23.2. The zero-order chi connectivity index (χ0) is 9.03. The van der Waals surface area contributed by atoms with Gasteiger partial charge in [-0.15, -0.1) is 0 Å². The summed E-state index contributed by atoms with van der Waals surface area (Å²) in [4.78, 5) is 2.62. The Morgan fingerprint density at radius 3 is 2.50 bits per heavy atom. The summed E-state index contributed by atoms with van der Waals surface area (Å²) in [5.41, 5.74) is 0.589. The predicted molar refractivity (Wildman–Crippen MR) is 54.4 cm³/mol. The highest BCUT2D eigenvalue weighted by Gasteiger charge is 2.28. The molecule has 0 unspecified atom stereocenters. The van der Waals surface area contributed by atoms with Crippen molar-refractivity contribution in [3.8, 4) is 0 Å². The van der Waals surface area contributed by atoms with E-state index < -0.39 is 0 Å². The van der Waals surface area contributed by atoms with E-state index in [1.54, 1.807) is 0 Å². The van der Waals surface area contributed by atoms with Gasteiger partial charge in [0.2, 0.25) is 0 Å². The van der Waals surface area contributed by atoms with Crippen molar-refractivity contribution in [2.24, 2.45) is 5.41 Å². The molecular weight excluding hydrogens is 146 g/mol. The fraction of sp³-hybridized carbons (Fsp3) is 1.00. The second-order valence-electron chi connectivity index (χ2n) is 4.90. The Hall–Kier alpha value is -0.0400. The van der Waals surface area contributed by atoms with Crippen LogP contribution in [0.5, 0.6) is 0 Å². The van der Waals surface area contributed by atoms with Crippen molar-refractivity contribution in [3.05, 3.63) is 0 Å². The molecule has 1 heteroatoms. The van der Waals surface area contributed by atoms with Gasteiger partial charge in [-0.1, -0.05) is 33.6 Å². The second kappa shape index (κ2) is 4.27. The zero-order valence-corrected chi connectivity index (χ0v) is 8.90. The van der Waals surface area contributed by atoms with E-state index in [1.807, 2.05) is 0 Å². The molecule has 1 saturated heterocycles. The average molecular weight is 169 g/mol. The zero-order valence-electron chi connectivity index (χ0n) is 8.90. The molecule has 0 atom stereocenters. The van der Waals surface area contributed by atoms with Gasteiger partial charge in [0.1, 0.15) is 0 Å². The Morgan fingerprint density at radius 1 is 1.25 bits per heavy atom. The van der Waals surface area contributed by atoms with Gasteiger partial charge in [0.05, 0.1) is 0 Å². The lowest BCUT2D eigenvalue weighted by atomic mass is 9.93. The Balaban J connectivity index is 2.11. The monoisotopic (exact) mass is 169 g/mol. The molecule has 0 radical (unpaired) electrons. The van der Waals surface area contributed by atoms with Crippen LogP contribution in [0.4, 0.5) is 0 Å². The number of rotatable bonds is 4. The molecule has 0 aliphatic carbocycles. The quantitative estimate of drug-likeness (QED) is 0.585. The Bertz CT molecular complexity index is 129. The van der Waals surface area contributed by atoms with Gasteiger partial charge in [-0.25, -0.2) is 0 Å². The van der Waals surface area contributed by atoms with Gasteiger partial charge in [-0.05, 0) is 31.3 Å². The lowest BCUT2D eigenvalue weighted by molar-refractivity contribution is 0.285. The van der Waals surface area contributed by atoms with Crippen LogP contribution < -0.4 is 0 Å². The molecule has 1 fully saturated rings. The summed E-state index contributed by atoms with van der Waals surface area (Å²) in [5, 5.41) is 0. The lowest BCUT2D eigenvalue weighted by Crippen LogP contribution is -2.24. The van der Waals surface area contributed by atoms with Crippen LogP contribution in [0.1, 0.15) is 46.5 Å². The minimum atomic E-state index is 0.589. The van der Waals surface area contributed by atoms with E-state index in [4.69, 9.17) is 0 Å². The first-order chi connectivity index (χ1) is 5.64. The summed E-state index contributed by atoms with van der Waals surface area (Å²) >= 11 is 0. The first-order valence-corrected chi connectivity index (χ1v) is 5.36. The largest absolute Gasteiger partial charge is 0.303 e. The van der Waals surface area contributed by atoms with E-state index in [2.05, 4.69) is 25.7 Å². The summed E-state index contributed by atoms with van der Waals surface area (Å²) in [5.74, 6) is 0. The van der Waals surface area contributed by atoms with Gasteiger partial charge in [-0.3, -0.25) is 0 Å². The third-order valence-corrected chi connectivity index (χ3v) is 2.83. The molecule has 0 aromatic heterocycles. The van der Waals surface area contributed by atoms with E-state index >= 15 is 0 Å². The molecule has 1 heterocycles.